The van der Waals surface area contributed by atoms with Crippen LogP contribution in [0.3, 0.4) is 0 Å². The third kappa shape index (κ3) is 3.08. The molecule has 92 valence electrons. The molecule has 0 bridgehead atoms. The van der Waals surface area contributed by atoms with Crippen LogP contribution in [0.25, 0.3) is 10.1 Å². The molecule has 0 amide bonds. The molecule has 0 saturated heterocycles. The number of rotatable bonds is 6. The molecule has 1 atom stereocenters. The van der Waals surface area contributed by atoms with E-state index < -0.39 is 0 Å². The number of hydrogen-bond acceptors (Lipinski definition) is 2. The van der Waals surface area contributed by atoms with E-state index in [-0.39, 0.29) is 0 Å². The molecule has 1 aromatic heterocycles. The molecular formula is C15H21NS. The first-order chi connectivity index (χ1) is 8.35. The third-order valence-electron chi connectivity index (χ3n) is 3.08. The Morgan fingerprint density at radius 2 is 2.06 bits per heavy atom. The standard InChI is InChI=1S/C15H21NS/c1-3-5-9-13(16-4-2)15-11-12-8-6-7-10-14(12)17-15/h6-8,10-11,13,16H,3-5,9H2,1-2H3. The molecule has 1 unspecified atom stereocenters. The van der Waals surface area contributed by atoms with Crippen molar-refractivity contribution in [2.45, 2.75) is 39.2 Å². The van der Waals surface area contributed by atoms with E-state index in [2.05, 4.69) is 49.5 Å². The number of nitrogens with one attached hydrogen (secondary N) is 1. The van der Waals surface area contributed by atoms with Crippen LogP contribution in [0.1, 0.15) is 44.0 Å². The van der Waals surface area contributed by atoms with E-state index in [0.717, 1.165) is 6.54 Å². The highest BCUT2D eigenvalue weighted by Gasteiger charge is 2.12. The van der Waals surface area contributed by atoms with Gasteiger partial charge in [0.05, 0.1) is 0 Å². The second kappa shape index (κ2) is 6.18. The molecule has 2 rings (SSSR count). The summed E-state index contributed by atoms with van der Waals surface area (Å²) in [7, 11) is 0. The van der Waals surface area contributed by atoms with Crippen LogP contribution in [0.15, 0.2) is 30.3 Å². The molecule has 1 N–H and O–H groups in total. The van der Waals surface area contributed by atoms with Crippen LogP contribution in [-0.4, -0.2) is 6.54 Å². The van der Waals surface area contributed by atoms with Crippen molar-refractivity contribution in [3.63, 3.8) is 0 Å². The SMILES string of the molecule is CCCCC(NCC)c1cc2ccccc2s1. The van der Waals surface area contributed by atoms with E-state index in [0.29, 0.717) is 6.04 Å². The lowest BCUT2D eigenvalue weighted by Crippen LogP contribution is -2.19. The van der Waals surface area contributed by atoms with Gasteiger partial charge in [-0.1, -0.05) is 44.9 Å². The van der Waals surface area contributed by atoms with Crippen molar-refractivity contribution in [2.24, 2.45) is 0 Å². The molecular weight excluding hydrogens is 226 g/mol. The molecule has 0 fully saturated rings. The van der Waals surface area contributed by atoms with Gasteiger partial charge in [0.2, 0.25) is 0 Å². The predicted molar refractivity (Wildman–Crippen MR) is 77.8 cm³/mol. The number of thiophene rings is 1. The van der Waals surface area contributed by atoms with Gasteiger partial charge in [-0.25, -0.2) is 0 Å². The van der Waals surface area contributed by atoms with Crippen LogP contribution in [0.5, 0.6) is 0 Å². The Hall–Kier alpha value is -0.860. The lowest BCUT2D eigenvalue weighted by Gasteiger charge is -2.15. The first kappa shape index (κ1) is 12.6. The zero-order valence-corrected chi connectivity index (χ0v) is 11.5. The van der Waals surface area contributed by atoms with E-state index in [4.69, 9.17) is 0 Å². The summed E-state index contributed by atoms with van der Waals surface area (Å²) < 4.78 is 1.40. The van der Waals surface area contributed by atoms with Crippen molar-refractivity contribution in [3.8, 4) is 0 Å². The van der Waals surface area contributed by atoms with Crippen LogP contribution in [0.2, 0.25) is 0 Å². The molecule has 0 radical (unpaired) electrons. The Labute approximate surface area is 108 Å². The van der Waals surface area contributed by atoms with Gasteiger partial charge in [0.15, 0.2) is 0 Å². The largest absolute Gasteiger partial charge is 0.310 e. The van der Waals surface area contributed by atoms with E-state index in [1.807, 2.05) is 11.3 Å². The zero-order valence-electron chi connectivity index (χ0n) is 10.7. The summed E-state index contributed by atoms with van der Waals surface area (Å²) in [6.07, 6.45) is 3.82. The summed E-state index contributed by atoms with van der Waals surface area (Å²) in [6, 6.07) is 11.6. The van der Waals surface area contributed by atoms with Crippen molar-refractivity contribution < 1.29 is 0 Å². The number of unbranched alkanes of at least 4 members (excludes halogenated alkanes) is 1. The van der Waals surface area contributed by atoms with E-state index in [1.165, 1.54) is 34.2 Å². The van der Waals surface area contributed by atoms with Crippen LogP contribution in [0.4, 0.5) is 0 Å². The number of benzene rings is 1. The maximum Gasteiger partial charge on any atom is 0.0415 e. The second-order valence-corrected chi connectivity index (χ2v) is 5.55. The van der Waals surface area contributed by atoms with Crippen LogP contribution < -0.4 is 5.32 Å². The van der Waals surface area contributed by atoms with Gasteiger partial charge in [0.1, 0.15) is 0 Å². The molecule has 0 saturated carbocycles. The minimum Gasteiger partial charge on any atom is -0.310 e. The molecule has 17 heavy (non-hydrogen) atoms. The van der Waals surface area contributed by atoms with Gasteiger partial charge in [0, 0.05) is 15.6 Å². The van der Waals surface area contributed by atoms with Gasteiger partial charge in [-0.05, 0) is 30.5 Å². The minimum absolute atomic E-state index is 0.539. The summed E-state index contributed by atoms with van der Waals surface area (Å²) in [6.45, 7) is 5.49. The Kier molecular flexibility index (Phi) is 4.57. The smallest absolute Gasteiger partial charge is 0.0415 e. The van der Waals surface area contributed by atoms with Gasteiger partial charge < -0.3 is 5.32 Å². The van der Waals surface area contributed by atoms with Gasteiger partial charge in [-0.2, -0.15) is 0 Å². The zero-order chi connectivity index (χ0) is 12.1. The minimum atomic E-state index is 0.539. The van der Waals surface area contributed by atoms with Gasteiger partial charge >= 0.3 is 0 Å². The summed E-state index contributed by atoms with van der Waals surface area (Å²) in [5.41, 5.74) is 0. The average molecular weight is 247 g/mol. The molecule has 2 heteroatoms. The topological polar surface area (TPSA) is 12.0 Å². The van der Waals surface area contributed by atoms with Gasteiger partial charge in [-0.15, -0.1) is 11.3 Å². The number of fused-ring (bicyclic) bond motifs is 1. The molecule has 0 spiro atoms. The van der Waals surface area contributed by atoms with Crippen molar-refractivity contribution in [1.29, 1.82) is 0 Å². The monoisotopic (exact) mass is 247 g/mol. The maximum absolute atomic E-state index is 3.61. The molecule has 1 aromatic carbocycles. The van der Waals surface area contributed by atoms with Crippen LogP contribution >= 0.6 is 11.3 Å². The Morgan fingerprint density at radius 3 is 2.76 bits per heavy atom. The lowest BCUT2D eigenvalue weighted by atomic mass is 10.1. The molecule has 0 aliphatic rings. The van der Waals surface area contributed by atoms with Crippen LogP contribution in [-0.2, 0) is 0 Å². The summed E-state index contributed by atoms with van der Waals surface area (Å²) in [4.78, 5) is 1.49. The van der Waals surface area contributed by atoms with Crippen molar-refractivity contribution in [1.82, 2.24) is 5.32 Å². The maximum atomic E-state index is 3.61. The van der Waals surface area contributed by atoms with Gasteiger partial charge in [-0.3, -0.25) is 0 Å². The summed E-state index contributed by atoms with van der Waals surface area (Å²) in [5.74, 6) is 0. The van der Waals surface area contributed by atoms with Crippen molar-refractivity contribution in [3.05, 3.63) is 35.2 Å². The normalized spacial score (nSPS) is 13.1. The number of hydrogen-bond donors (Lipinski definition) is 1. The van der Waals surface area contributed by atoms with E-state index in [9.17, 15) is 0 Å². The fourth-order valence-electron chi connectivity index (χ4n) is 2.17. The van der Waals surface area contributed by atoms with E-state index in [1.54, 1.807) is 0 Å². The molecule has 2 aromatic rings. The Balaban J connectivity index is 2.21. The van der Waals surface area contributed by atoms with E-state index >= 15 is 0 Å². The average Bonchev–Trinajstić information content (AvgIpc) is 2.78. The third-order valence-corrected chi connectivity index (χ3v) is 4.31. The fraction of sp³-hybridized carbons (Fsp3) is 0.467. The Morgan fingerprint density at radius 1 is 1.24 bits per heavy atom. The highest BCUT2D eigenvalue weighted by Crippen LogP contribution is 2.31. The van der Waals surface area contributed by atoms with Gasteiger partial charge in [0.25, 0.3) is 0 Å². The summed E-state index contributed by atoms with van der Waals surface area (Å²) >= 11 is 1.93. The van der Waals surface area contributed by atoms with Crippen molar-refractivity contribution in [2.75, 3.05) is 6.54 Å². The Bertz CT molecular complexity index is 428. The second-order valence-electron chi connectivity index (χ2n) is 4.44. The first-order valence-electron chi connectivity index (χ1n) is 6.57. The summed E-state index contributed by atoms with van der Waals surface area (Å²) in [5, 5.41) is 4.99. The fourth-order valence-corrected chi connectivity index (χ4v) is 3.35. The first-order valence-corrected chi connectivity index (χ1v) is 7.38. The lowest BCUT2D eigenvalue weighted by molar-refractivity contribution is 0.501. The van der Waals surface area contributed by atoms with Crippen molar-refractivity contribution >= 4 is 21.4 Å². The van der Waals surface area contributed by atoms with Crippen LogP contribution in [0, 0.1) is 0 Å². The molecule has 0 aliphatic heterocycles. The highest BCUT2D eigenvalue weighted by atomic mass is 32.1. The quantitative estimate of drug-likeness (QED) is 0.777. The predicted octanol–water partition coefficient (Wildman–Crippen LogP) is 4.74. The molecule has 1 nitrogen and oxygen atoms in total. The molecule has 0 aliphatic carbocycles. The highest BCUT2D eigenvalue weighted by molar-refractivity contribution is 7.19. The molecule has 1 heterocycles.